The average Bonchev–Trinajstić information content (AvgIpc) is 3.41. The minimum absolute atomic E-state index is 0. The Hall–Kier alpha value is -2.15. The number of carbonyl (C=O) groups is 1. The Morgan fingerprint density at radius 3 is 2.73 bits per heavy atom. The zero-order valence-electron chi connectivity index (χ0n) is 19.7. The maximum atomic E-state index is 11.3. The van der Waals surface area contributed by atoms with Gasteiger partial charge in [-0.25, -0.2) is 0 Å². The van der Waals surface area contributed by atoms with E-state index >= 15 is 0 Å². The van der Waals surface area contributed by atoms with E-state index in [1.165, 1.54) is 41.6 Å². The van der Waals surface area contributed by atoms with Gasteiger partial charge < -0.3 is 34.0 Å². The van der Waals surface area contributed by atoms with Crippen LogP contribution in [-0.2, 0) is 10.2 Å². The number of para-hydroxylation sites is 1. The highest BCUT2D eigenvalue weighted by molar-refractivity contribution is 6.05. The molecule has 2 aliphatic heterocycles. The van der Waals surface area contributed by atoms with Crippen LogP contribution in [0.15, 0.2) is 48.5 Å². The molecule has 2 heterocycles. The van der Waals surface area contributed by atoms with Gasteiger partial charge >= 0.3 is 5.97 Å². The molecule has 0 spiro atoms. The topological polar surface area (TPSA) is 43.5 Å². The van der Waals surface area contributed by atoms with Crippen molar-refractivity contribution in [2.24, 2.45) is 0 Å². The molecule has 5 heteroatoms. The van der Waals surface area contributed by atoms with Gasteiger partial charge in [0.25, 0.3) is 0 Å². The van der Waals surface area contributed by atoms with Gasteiger partial charge in [0.2, 0.25) is 5.69 Å². The van der Waals surface area contributed by atoms with Gasteiger partial charge in [-0.15, -0.1) is 0 Å². The van der Waals surface area contributed by atoms with E-state index in [0.717, 1.165) is 17.9 Å². The molecule has 0 aromatic heterocycles. The van der Waals surface area contributed by atoms with Crippen molar-refractivity contribution in [3.63, 3.8) is 0 Å². The van der Waals surface area contributed by atoms with Crippen LogP contribution in [0.25, 0.3) is 6.08 Å². The largest absolute Gasteiger partial charge is 1.00 e. The zero-order chi connectivity index (χ0) is 22.5. The Bertz CT molecular complexity index is 1130. The maximum Gasteiger partial charge on any atom is 0.309 e. The fraction of sp³-hybridized carbons (Fsp3) is 0.429. The molecule has 1 aliphatic carbocycles. The van der Waals surface area contributed by atoms with Gasteiger partial charge in [-0.05, 0) is 62.9 Å². The van der Waals surface area contributed by atoms with Crippen molar-refractivity contribution in [3.05, 3.63) is 65.2 Å². The average molecular weight is 556 g/mol. The van der Waals surface area contributed by atoms with Gasteiger partial charge in [0.15, 0.2) is 12.3 Å². The van der Waals surface area contributed by atoms with E-state index in [1.54, 1.807) is 0 Å². The number of hydrogen-bond donors (Lipinski definition) is 1. The van der Waals surface area contributed by atoms with Gasteiger partial charge in [0.1, 0.15) is 6.42 Å². The first-order chi connectivity index (χ1) is 15.4. The van der Waals surface area contributed by atoms with Crippen molar-refractivity contribution < 1.29 is 38.5 Å². The van der Waals surface area contributed by atoms with E-state index in [0.29, 0.717) is 18.5 Å². The maximum absolute atomic E-state index is 11.3. The number of carboxylic acids is 1. The number of fused-ring (bicyclic) bond motifs is 4. The molecule has 3 aliphatic rings. The summed E-state index contributed by atoms with van der Waals surface area (Å²) in [5, 5.41) is 9.29. The number of likely N-dealkylation sites (N-methyl/N-ethyl adjacent to an activating group) is 1. The molecule has 174 valence electrons. The van der Waals surface area contributed by atoms with Crippen LogP contribution in [0.2, 0.25) is 0 Å². The SMILES string of the molecule is CCN1c2ccc(/C=C/C3=[N+](CCC(=O)O)c4ccccc4C3(C)C)cc2C2CCCC21.[I-]. The highest BCUT2D eigenvalue weighted by atomic mass is 127. The summed E-state index contributed by atoms with van der Waals surface area (Å²) in [7, 11) is 0. The van der Waals surface area contributed by atoms with E-state index in [-0.39, 0.29) is 35.8 Å². The van der Waals surface area contributed by atoms with E-state index in [2.05, 4.69) is 78.8 Å². The molecule has 0 amide bonds. The lowest BCUT2D eigenvalue weighted by molar-refractivity contribution is -0.436. The number of aliphatic carboxylic acids is 1. The number of nitrogens with zero attached hydrogens (tertiary/aromatic N) is 2. The second-order valence-electron chi connectivity index (χ2n) is 9.87. The zero-order valence-corrected chi connectivity index (χ0v) is 21.9. The van der Waals surface area contributed by atoms with Crippen LogP contribution >= 0.6 is 0 Å². The first kappa shape index (κ1) is 24.0. The molecule has 1 N–H and O–H groups in total. The summed E-state index contributed by atoms with van der Waals surface area (Å²) >= 11 is 0. The quantitative estimate of drug-likeness (QED) is 0.440. The number of halogens is 1. The molecule has 2 atom stereocenters. The van der Waals surface area contributed by atoms with Gasteiger partial charge in [-0.1, -0.05) is 30.7 Å². The smallest absolute Gasteiger partial charge is 0.309 e. The van der Waals surface area contributed by atoms with E-state index < -0.39 is 5.97 Å². The van der Waals surface area contributed by atoms with Crippen molar-refractivity contribution in [1.29, 1.82) is 0 Å². The molecule has 2 aromatic rings. The number of carboxylic acid groups (broad SMARTS) is 1. The highest BCUT2D eigenvalue weighted by Crippen LogP contribution is 2.49. The number of rotatable bonds is 6. The minimum Gasteiger partial charge on any atom is -1.00 e. The number of allylic oxidation sites excluding steroid dienone is 1. The predicted octanol–water partition coefficient (Wildman–Crippen LogP) is 2.73. The monoisotopic (exact) mass is 556 g/mol. The van der Waals surface area contributed by atoms with E-state index in [9.17, 15) is 9.90 Å². The summed E-state index contributed by atoms with van der Waals surface area (Å²) in [6, 6.07) is 16.0. The first-order valence-electron chi connectivity index (χ1n) is 12.0. The lowest BCUT2D eigenvalue weighted by Gasteiger charge is -2.25. The normalized spacial score (nSPS) is 22.3. The highest BCUT2D eigenvalue weighted by Gasteiger charge is 2.44. The third kappa shape index (κ3) is 4.02. The Balaban J connectivity index is 0.00000259. The first-order valence-corrected chi connectivity index (χ1v) is 12.0. The molecular weight excluding hydrogens is 523 g/mol. The minimum atomic E-state index is -0.763. The van der Waals surface area contributed by atoms with Gasteiger partial charge in [-0.3, -0.25) is 4.79 Å². The predicted molar refractivity (Wildman–Crippen MR) is 130 cm³/mol. The van der Waals surface area contributed by atoms with Gasteiger partial charge in [-0.2, -0.15) is 4.58 Å². The summed E-state index contributed by atoms with van der Waals surface area (Å²) < 4.78 is 2.19. The van der Waals surface area contributed by atoms with Crippen molar-refractivity contribution in [2.75, 3.05) is 18.0 Å². The van der Waals surface area contributed by atoms with Crippen molar-refractivity contribution in [3.8, 4) is 0 Å². The van der Waals surface area contributed by atoms with Crippen LogP contribution in [0.4, 0.5) is 11.4 Å². The van der Waals surface area contributed by atoms with Crippen molar-refractivity contribution in [2.45, 2.75) is 63.8 Å². The number of anilines is 1. The molecule has 5 rings (SSSR count). The van der Waals surface area contributed by atoms with Crippen LogP contribution < -0.4 is 28.9 Å². The molecule has 2 unspecified atom stereocenters. The second kappa shape index (κ2) is 9.24. The summed E-state index contributed by atoms with van der Waals surface area (Å²) in [6.07, 6.45) is 8.48. The second-order valence-corrected chi connectivity index (χ2v) is 9.87. The van der Waals surface area contributed by atoms with Crippen molar-refractivity contribution in [1.82, 2.24) is 0 Å². The Morgan fingerprint density at radius 1 is 1.18 bits per heavy atom. The summed E-state index contributed by atoms with van der Waals surface area (Å²) in [5.41, 5.74) is 7.53. The van der Waals surface area contributed by atoms with E-state index in [4.69, 9.17) is 0 Å². The molecule has 0 bridgehead atoms. The Kier molecular flexibility index (Phi) is 6.72. The summed E-state index contributed by atoms with van der Waals surface area (Å²) in [4.78, 5) is 13.9. The van der Waals surface area contributed by atoms with E-state index in [1.807, 2.05) is 6.07 Å². The van der Waals surface area contributed by atoms with Gasteiger partial charge in [0.05, 0.1) is 5.41 Å². The molecule has 1 fully saturated rings. The summed E-state index contributed by atoms with van der Waals surface area (Å²) in [6.45, 7) is 8.29. The molecule has 4 nitrogen and oxygen atoms in total. The lowest BCUT2D eigenvalue weighted by atomic mass is 9.81. The fourth-order valence-electron chi connectivity index (χ4n) is 6.26. The number of hydrogen-bond acceptors (Lipinski definition) is 2. The third-order valence-corrected chi connectivity index (χ3v) is 7.76. The Morgan fingerprint density at radius 2 is 1.97 bits per heavy atom. The molecule has 2 aromatic carbocycles. The van der Waals surface area contributed by atoms with Gasteiger partial charge in [0, 0.05) is 41.9 Å². The summed E-state index contributed by atoms with van der Waals surface area (Å²) in [5.74, 6) is -0.0917. The lowest BCUT2D eigenvalue weighted by Crippen LogP contribution is -3.00. The van der Waals surface area contributed by atoms with Crippen LogP contribution in [-0.4, -0.2) is 40.5 Å². The van der Waals surface area contributed by atoms with Crippen molar-refractivity contribution >= 4 is 29.1 Å². The van der Waals surface area contributed by atoms with Crippen LogP contribution in [0.5, 0.6) is 0 Å². The Labute approximate surface area is 214 Å². The third-order valence-electron chi connectivity index (χ3n) is 7.76. The molecular formula is C28H33IN2O2. The van der Waals surface area contributed by atoms with Crippen LogP contribution in [0, 0.1) is 0 Å². The number of benzene rings is 2. The molecule has 1 saturated carbocycles. The fourth-order valence-corrected chi connectivity index (χ4v) is 6.26. The van der Waals surface area contributed by atoms with Crippen LogP contribution in [0.3, 0.4) is 0 Å². The molecule has 0 saturated heterocycles. The van der Waals surface area contributed by atoms with Crippen LogP contribution in [0.1, 0.15) is 69.1 Å². The molecule has 0 radical (unpaired) electrons. The standard InChI is InChI=1S/C28H32N2O2.HI/c1-4-29-23-11-7-8-20(23)21-18-19(12-14-24(21)29)13-15-26-28(2,3)22-9-5-6-10-25(22)30(26)17-16-27(31)32;/h5-6,9-10,12-15,18,20,23H,4,7-8,11,16-17H2,1-3H3;1H. The molecule has 33 heavy (non-hydrogen) atoms.